The van der Waals surface area contributed by atoms with Crippen molar-refractivity contribution in [3.8, 4) is 0 Å². The molecule has 1 aliphatic rings. The van der Waals surface area contributed by atoms with E-state index >= 15 is 0 Å². The molecule has 0 atom stereocenters. The van der Waals surface area contributed by atoms with Crippen molar-refractivity contribution >= 4 is 29.1 Å². The van der Waals surface area contributed by atoms with Gasteiger partial charge in [-0.2, -0.15) is 0 Å². The second-order valence-electron chi connectivity index (χ2n) is 5.75. The highest BCUT2D eigenvalue weighted by molar-refractivity contribution is 5.96. The molecule has 1 saturated carbocycles. The molecular weight excluding hydrogens is 302 g/mol. The number of aromatic amines is 1. The van der Waals surface area contributed by atoms with Crippen LogP contribution >= 0.6 is 12.4 Å². The Morgan fingerprint density at radius 3 is 2.64 bits per heavy atom. The summed E-state index contributed by atoms with van der Waals surface area (Å²) in [4.78, 5) is 27.1. The van der Waals surface area contributed by atoms with E-state index in [1.165, 1.54) is 0 Å². The van der Waals surface area contributed by atoms with Gasteiger partial charge in [0.05, 0.1) is 5.54 Å². The number of benzene rings is 1. The maximum absolute atomic E-state index is 12.4. The van der Waals surface area contributed by atoms with Crippen LogP contribution in [0.4, 0.5) is 0 Å². The number of hydrogen-bond donors (Lipinski definition) is 3. The predicted octanol–water partition coefficient (Wildman–Crippen LogP) is 1.95. The van der Waals surface area contributed by atoms with E-state index in [9.17, 15) is 9.59 Å². The smallest absolute Gasteiger partial charge is 0.268 e. The van der Waals surface area contributed by atoms with Crippen LogP contribution in [0.2, 0.25) is 0 Å². The number of halogens is 1. The second-order valence-corrected chi connectivity index (χ2v) is 5.75. The van der Waals surface area contributed by atoms with Gasteiger partial charge in [0.25, 0.3) is 11.5 Å². The molecule has 0 saturated heterocycles. The number of rotatable bonds is 3. The molecule has 1 heterocycles. The summed E-state index contributed by atoms with van der Waals surface area (Å²) in [5.74, 6) is -0.259. The Balaban J connectivity index is 0.00000176. The van der Waals surface area contributed by atoms with Gasteiger partial charge in [-0.3, -0.25) is 9.59 Å². The zero-order chi connectivity index (χ0) is 14.9. The number of hydrogen-bond acceptors (Lipinski definition) is 3. The third-order valence-corrected chi connectivity index (χ3v) is 4.33. The standard InChI is InChI=1S/C16H19N3O2.ClH/c17-10-16(7-3-4-8-16)19-15(21)13-9-11-5-1-2-6-12(11)14(20)18-13;/h1-2,5-6,9H,3-4,7-8,10,17H2,(H,18,20)(H,19,21);1H. The van der Waals surface area contributed by atoms with Gasteiger partial charge in [-0.05, 0) is 30.4 Å². The Labute approximate surface area is 134 Å². The summed E-state index contributed by atoms with van der Waals surface area (Å²) in [6.45, 7) is 0.427. The van der Waals surface area contributed by atoms with Crippen LogP contribution in [0.15, 0.2) is 35.1 Å². The van der Waals surface area contributed by atoms with Crippen LogP contribution in [-0.4, -0.2) is 23.0 Å². The molecule has 1 aliphatic carbocycles. The van der Waals surface area contributed by atoms with E-state index in [0.717, 1.165) is 31.1 Å². The lowest BCUT2D eigenvalue weighted by Gasteiger charge is -2.28. The lowest BCUT2D eigenvalue weighted by atomic mass is 9.97. The Kier molecular flexibility index (Phi) is 4.88. The number of pyridine rings is 1. The van der Waals surface area contributed by atoms with Gasteiger partial charge in [-0.1, -0.05) is 31.0 Å². The highest BCUT2D eigenvalue weighted by Gasteiger charge is 2.34. The van der Waals surface area contributed by atoms with E-state index in [0.29, 0.717) is 17.6 Å². The van der Waals surface area contributed by atoms with E-state index in [4.69, 9.17) is 5.73 Å². The normalized spacial score (nSPS) is 16.2. The first-order chi connectivity index (χ1) is 10.1. The van der Waals surface area contributed by atoms with Crippen molar-refractivity contribution in [3.63, 3.8) is 0 Å². The lowest BCUT2D eigenvalue weighted by Crippen LogP contribution is -2.52. The van der Waals surface area contributed by atoms with Crippen molar-refractivity contribution in [1.82, 2.24) is 10.3 Å². The molecule has 118 valence electrons. The number of carbonyl (C=O) groups excluding carboxylic acids is 1. The van der Waals surface area contributed by atoms with Crippen molar-refractivity contribution in [1.29, 1.82) is 0 Å². The topological polar surface area (TPSA) is 88.0 Å². The van der Waals surface area contributed by atoms with Gasteiger partial charge in [0.1, 0.15) is 5.69 Å². The van der Waals surface area contributed by atoms with Gasteiger partial charge in [-0.25, -0.2) is 0 Å². The summed E-state index contributed by atoms with van der Waals surface area (Å²) in [6.07, 6.45) is 3.94. The average Bonchev–Trinajstić information content (AvgIpc) is 2.96. The summed E-state index contributed by atoms with van der Waals surface area (Å²) in [5, 5.41) is 4.37. The summed E-state index contributed by atoms with van der Waals surface area (Å²) in [7, 11) is 0. The maximum atomic E-state index is 12.4. The first kappa shape index (κ1) is 16.5. The van der Waals surface area contributed by atoms with Crippen molar-refractivity contribution in [2.75, 3.05) is 6.54 Å². The Bertz CT molecular complexity index is 735. The van der Waals surface area contributed by atoms with Gasteiger partial charge in [0.15, 0.2) is 0 Å². The number of nitrogens with one attached hydrogen (secondary N) is 2. The molecule has 1 amide bonds. The van der Waals surface area contributed by atoms with Crippen LogP contribution in [0.25, 0.3) is 10.8 Å². The highest BCUT2D eigenvalue weighted by Crippen LogP contribution is 2.28. The first-order valence-corrected chi connectivity index (χ1v) is 7.28. The van der Waals surface area contributed by atoms with Crippen LogP contribution < -0.4 is 16.6 Å². The second kappa shape index (κ2) is 6.50. The lowest BCUT2D eigenvalue weighted by molar-refractivity contribution is 0.0898. The van der Waals surface area contributed by atoms with Crippen LogP contribution in [-0.2, 0) is 0 Å². The molecule has 5 nitrogen and oxygen atoms in total. The van der Waals surface area contributed by atoms with E-state index in [1.807, 2.05) is 12.1 Å². The number of H-pyrrole nitrogens is 1. The number of carbonyl (C=O) groups is 1. The SMILES string of the molecule is Cl.NCC1(NC(=O)c2cc3ccccc3c(=O)[nH]2)CCCC1. The van der Waals surface area contributed by atoms with Gasteiger partial charge < -0.3 is 16.0 Å². The van der Waals surface area contributed by atoms with E-state index in [-0.39, 0.29) is 29.4 Å². The minimum absolute atomic E-state index is 0. The van der Waals surface area contributed by atoms with Gasteiger partial charge in [0.2, 0.25) is 0 Å². The molecule has 1 fully saturated rings. The van der Waals surface area contributed by atoms with Gasteiger partial charge >= 0.3 is 0 Å². The molecule has 0 aliphatic heterocycles. The van der Waals surface area contributed by atoms with E-state index in [2.05, 4.69) is 10.3 Å². The number of nitrogens with two attached hydrogens (primary N) is 1. The molecule has 4 N–H and O–H groups in total. The Hall–Kier alpha value is -1.85. The van der Waals surface area contributed by atoms with Crippen LogP contribution in [0, 0.1) is 0 Å². The molecule has 1 aromatic heterocycles. The monoisotopic (exact) mass is 321 g/mol. The van der Waals surface area contributed by atoms with Gasteiger partial charge in [-0.15, -0.1) is 12.4 Å². The molecule has 0 bridgehead atoms. The Morgan fingerprint density at radius 1 is 1.27 bits per heavy atom. The maximum Gasteiger partial charge on any atom is 0.268 e. The fourth-order valence-electron chi connectivity index (χ4n) is 3.07. The molecule has 22 heavy (non-hydrogen) atoms. The van der Waals surface area contributed by atoms with Crippen molar-refractivity contribution in [2.45, 2.75) is 31.2 Å². The predicted molar refractivity (Wildman–Crippen MR) is 89.5 cm³/mol. The highest BCUT2D eigenvalue weighted by atomic mass is 35.5. The third-order valence-electron chi connectivity index (χ3n) is 4.33. The number of amides is 1. The number of fused-ring (bicyclic) bond motifs is 1. The van der Waals surface area contributed by atoms with E-state index < -0.39 is 0 Å². The van der Waals surface area contributed by atoms with Crippen molar-refractivity contribution < 1.29 is 4.79 Å². The van der Waals surface area contributed by atoms with E-state index in [1.54, 1.807) is 18.2 Å². The number of aromatic nitrogens is 1. The molecule has 0 unspecified atom stereocenters. The van der Waals surface area contributed by atoms with Gasteiger partial charge in [0, 0.05) is 11.9 Å². The minimum atomic E-state index is -0.320. The molecule has 6 heteroatoms. The van der Waals surface area contributed by atoms with Crippen LogP contribution in [0.1, 0.15) is 36.2 Å². The fourth-order valence-corrected chi connectivity index (χ4v) is 3.07. The molecule has 3 rings (SSSR count). The third kappa shape index (κ3) is 3.00. The zero-order valence-corrected chi connectivity index (χ0v) is 13.0. The van der Waals surface area contributed by atoms with Crippen molar-refractivity contribution in [3.05, 3.63) is 46.4 Å². The summed E-state index contributed by atoms with van der Waals surface area (Å²) in [5.41, 5.74) is 5.56. The summed E-state index contributed by atoms with van der Waals surface area (Å²) >= 11 is 0. The molecule has 0 radical (unpaired) electrons. The summed E-state index contributed by atoms with van der Waals surface area (Å²) < 4.78 is 0. The molecular formula is C16H20ClN3O2. The quantitative estimate of drug-likeness (QED) is 0.807. The van der Waals surface area contributed by atoms with Crippen molar-refractivity contribution in [2.24, 2.45) is 5.73 Å². The van der Waals surface area contributed by atoms with Crippen LogP contribution in [0.5, 0.6) is 0 Å². The molecule has 1 aromatic carbocycles. The largest absolute Gasteiger partial charge is 0.344 e. The molecule has 0 spiro atoms. The molecule has 2 aromatic rings. The zero-order valence-electron chi connectivity index (χ0n) is 12.2. The minimum Gasteiger partial charge on any atom is -0.344 e. The summed E-state index contributed by atoms with van der Waals surface area (Å²) in [6, 6.07) is 8.94. The first-order valence-electron chi connectivity index (χ1n) is 7.28. The average molecular weight is 322 g/mol. The van der Waals surface area contributed by atoms with Crippen LogP contribution in [0.3, 0.4) is 0 Å². The Morgan fingerprint density at radius 2 is 1.95 bits per heavy atom. The fraction of sp³-hybridized carbons (Fsp3) is 0.375.